The lowest BCUT2D eigenvalue weighted by Gasteiger charge is -2.12. The van der Waals surface area contributed by atoms with Gasteiger partial charge in [0.2, 0.25) is 5.13 Å². The van der Waals surface area contributed by atoms with Crippen LogP contribution in [0.25, 0.3) is 21.7 Å². The molecule has 4 rings (SSSR count). The first-order chi connectivity index (χ1) is 13.1. The van der Waals surface area contributed by atoms with Crippen molar-refractivity contribution in [2.24, 2.45) is 5.73 Å². The fraction of sp³-hybridized carbons (Fsp3) is 0.167. The average molecular weight is 402 g/mol. The Morgan fingerprint density at radius 2 is 2.04 bits per heavy atom. The van der Waals surface area contributed by atoms with Crippen molar-refractivity contribution in [3.05, 3.63) is 63.6 Å². The summed E-state index contributed by atoms with van der Waals surface area (Å²) in [6.07, 6.45) is 0.735. The molecule has 4 N–H and O–H groups in total. The van der Waals surface area contributed by atoms with Crippen molar-refractivity contribution in [3.8, 4) is 10.6 Å². The highest BCUT2D eigenvalue weighted by Crippen LogP contribution is 2.28. The van der Waals surface area contributed by atoms with Gasteiger partial charge in [0.05, 0.1) is 5.52 Å². The maximum absolute atomic E-state index is 11.3. The first kappa shape index (κ1) is 17.7. The number of nitrogens with one attached hydrogen (secondary N) is 2. The maximum atomic E-state index is 11.3. The molecule has 138 valence electrons. The molecular weight excluding hydrogens is 386 g/mol. The molecule has 27 heavy (non-hydrogen) atoms. The van der Waals surface area contributed by atoms with Gasteiger partial charge >= 0.3 is 5.76 Å². The first-order valence-electron chi connectivity index (χ1n) is 8.27. The number of nitrogens with zero attached hydrogens (tertiary/aromatic N) is 2. The fourth-order valence-corrected chi connectivity index (χ4v) is 3.58. The van der Waals surface area contributed by atoms with Crippen LogP contribution in [0, 0.1) is 0 Å². The summed E-state index contributed by atoms with van der Waals surface area (Å²) >= 11 is 7.31. The molecule has 1 atom stereocenters. The number of hydrogen-bond donors (Lipinski definition) is 3. The molecule has 0 spiro atoms. The second-order valence-corrected chi connectivity index (χ2v) is 7.52. The molecule has 0 amide bonds. The number of halogens is 1. The highest BCUT2D eigenvalue weighted by atomic mass is 35.5. The summed E-state index contributed by atoms with van der Waals surface area (Å²) < 4.78 is 5.08. The van der Waals surface area contributed by atoms with E-state index in [9.17, 15) is 4.79 Å². The minimum atomic E-state index is -0.476. The number of rotatable bonds is 6. The van der Waals surface area contributed by atoms with E-state index in [1.807, 2.05) is 30.3 Å². The number of aromatic amines is 1. The van der Waals surface area contributed by atoms with E-state index in [1.165, 1.54) is 11.3 Å². The van der Waals surface area contributed by atoms with Crippen molar-refractivity contribution in [1.82, 2.24) is 15.2 Å². The van der Waals surface area contributed by atoms with Gasteiger partial charge in [-0.1, -0.05) is 35.1 Å². The Labute approximate surface area is 163 Å². The molecule has 0 radical (unpaired) electrons. The van der Waals surface area contributed by atoms with Gasteiger partial charge in [-0.15, -0.1) is 10.2 Å². The second kappa shape index (κ2) is 7.51. The van der Waals surface area contributed by atoms with Crippen LogP contribution in [0.3, 0.4) is 0 Å². The molecule has 0 bridgehead atoms. The summed E-state index contributed by atoms with van der Waals surface area (Å²) in [5.74, 6) is -0.476. The Morgan fingerprint density at radius 3 is 2.85 bits per heavy atom. The lowest BCUT2D eigenvalue weighted by molar-refractivity contribution is 0.555. The SMILES string of the molecule is NC(CNc1nnc(-c2ccc3[nH]c(=O)oc3c2)s1)Cc1ccc(Cl)cc1. The quantitative estimate of drug-likeness (QED) is 0.457. The topological polar surface area (TPSA) is 110 Å². The van der Waals surface area contributed by atoms with Gasteiger partial charge in [0.25, 0.3) is 0 Å². The van der Waals surface area contributed by atoms with E-state index in [1.54, 1.807) is 12.1 Å². The van der Waals surface area contributed by atoms with Crippen LogP contribution >= 0.6 is 22.9 Å². The number of anilines is 1. The van der Waals surface area contributed by atoms with Crippen LogP contribution in [-0.4, -0.2) is 27.8 Å². The molecule has 0 fully saturated rings. The molecule has 4 aromatic rings. The van der Waals surface area contributed by atoms with E-state index in [-0.39, 0.29) is 6.04 Å². The van der Waals surface area contributed by atoms with Crippen LogP contribution in [0.15, 0.2) is 51.7 Å². The van der Waals surface area contributed by atoms with Gasteiger partial charge in [-0.2, -0.15) is 0 Å². The zero-order valence-corrected chi connectivity index (χ0v) is 15.7. The van der Waals surface area contributed by atoms with Crippen molar-refractivity contribution in [2.45, 2.75) is 12.5 Å². The van der Waals surface area contributed by atoms with Gasteiger partial charge in [0.1, 0.15) is 5.01 Å². The van der Waals surface area contributed by atoms with Gasteiger partial charge < -0.3 is 15.5 Å². The van der Waals surface area contributed by atoms with Gasteiger partial charge in [-0.25, -0.2) is 4.79 Å². The van der Waals surface area contributed by atoms with Gasteiger partial charge in [0, 0.05) is 23.2 Å². The number of fused-ring (bicyclic) bond motifs is 1. The third-order valence-electron chi connectivity index (χ3n) is 4.02. The highest BCUT2D eigenvalue weighted by molar-refractivity contribution is 7.18. The molecule has 0 saturated heterocycles. The number of hydrogen-bond acceptors (Lipinski definition) is 7. The molecule has 2 heterocycles. The number of H-pyrrole nitrogens is 1. The predicted octanol–water partition coefficient (Wildman–Crippen LogP) is 3.27. The summed E-state index contributed by atoms with van der Waals surface area (Å²) in [4.78, 5) is 13.9. The van der Waals surface area contributed by atoms with Crippen LogP contribution in [0.5, 0.6) is 0 Å². The molecule has 0 aliphatic rings. The fourth-order valence-electron chi connectivity index (χ4n) is 2.70. The molecule has 2 aromatic carbocycles. The zero-order valence-electron chi connectivity index (χ0n) is 14.1. The van der Waals surface area contributed by atoms with Crippen molar-refractivity contribution in [3.63, 3.8) is 0 Å². The minimum absolute atomic E-state index is 0.0657. The summed E-state index contributed by atoms with van der Waals surface area (Å²) in [6, 6.07) is 13.0. The molecule has 2 aromatic heterocycles. The molecule has 0 aliphatic carbocycles. The smallest absolute Gasteiger partial charge is 0.408 e. The van der Waals surface area contributed by atoms with Crippen LogP contribution in [0.1, 0.15) is 5.56 Å². The summed E-state index contributed by atoms with van der Waals surface area (Å²) in [6.45, 7) is 0.572. The summed E-state index contributed by atoms with van der Waals surface area (Å²) in [5, 5.41) is 13.7. The van der Waals surface area contributed by atoms with Crippen LogP contribution in [0.4, 0.5) is 5.13 Å². The third kappa shape index (κ3) is 4.19. The van der Waals surface area contributed by atoms with E-state index in [0.717, 1.165) is 22.6 Å². The molecule has 7 nitrogen and oxygen atoms in total. The normalized spacial score (nSPS) is 12.4. The average Bonchev–Trinajstić information content (AvgIpc) is 3.26. The lowest BCUT2D eigenvalue weighted by Crippen LogP contribution is -2.31. The Morgan fingerprint density at radius 1 is 1.22 bits per heavy atom. The lowest BCUT2D eigenvalue weighted by atomic mass is 10.1. The predicted molar refractivity (Wildman–Crippen MR) is 107 cm³/mol. The first-order valence-corrected chi connectivity index (χ1v) is 9.47. The number of aromatic nitrogens is 3. The van der Waals surface area contributed by atoms with Crippen LogP contribution in [0.2, 0.25) is 5.02 Å². The number of oxazole rings is 1. The zero-order chi connectivity index (χ0) is 18.8. The molecule has 0 aliphatic heterocycles. The van der Waals surface area contributed by atoms with E-state index in [2.05, 4.69) is 20.5 Å². The summed E-state index contributed by atoms with van der Waals surface area (Å²) in [5.41, 5.74) is 9.30. The van der Waals surface area contributed by atoms with Gasteiger partial charge in [0.15, 0.2) is 5.58 Å². The van der Waals surface area contributed by atoms with Crippen molar-refractivity contribution in [2.75, 3.05) is 11.9 Å². The highest BCUT2D eigenvalue weighted by Gasteiger charge is 2.11. The number of nitrogens with two attached hydrogens (primary N) is 1. The number of benzene rings is 2. The molecule has 1 unspecified atom stereocenters. The van der Waals surface area contributed by atoms with Crippen molar-refractivity contribution >= 4 is 39.2 Å². The van der Waals surface area contributed by atoms with E-state index in [0.29, 0.717) is 27.8 Å². The Bertz CT molecular complexity index is 1120. The van der Waals surface area contributed by atoms with Gasteiger partial charge in [-0.3, -0.25) is 4.98 Å². The summed E-state index contributed by atoms with van der Waals surface area (Å²) in [7, 11) is 0. The third-order valence-corrected chi connectivity index (χ3v) is 5.20. The Kier molecular flexibility index (Phi) is 4.93. The standard InChI is InChI=1S/C18H16ClN5O2S/c19-12-4-1-10(2-5-12)7-13(20)9-21-17-24-23-16(27-17)11-3-6-14-15(8-11)26-18(25)22-14/h1-6,8,13H,7,9,20H2,(H,21,24)(H,22,25). The van der Waals surface area contributed by atoms with Crippen LogP contribution in [-0.2, 0) is 6.42 Å². The van der Waals surface area contributed by atoms with E-state index < -0.39 is 5.76 Å². The molecular formula is C18H16ClN5O2S. The Balaban J connectivity index is 1.39. The second-order valence-electron chi connectivity index (χ2n) is 6.11. The van der Waals surface area contributed by atoms with Crippen molar-refractivity contribution in [1.29, 1.82) is 0 Å². The van der Waals surface area contributed by atoms with E-state index in [4.69, 9.17) is 21.8 Å². The largest absolute Gasteiger partial charge is 0.417 e. The Hall–Kier alpha value is -2.68. The molecule has 0 saturated carbocycles. The minimum Gasteiger partial charge on any atom is -0.408 e. The van der Waals surface area contributed by atoms with Gasteiger partial charge in [-0.05, 0) is 42.3 Å². The van der Waals surface area contributed by atoms with Crippen molar-refractivity contribution < 1.29 is 4.42 Å². The van der Waals surface area contributed by atoms with E-state index >= 15 is 0 Å². The maximum Gasteiger partial charge on any atom is 0.417 e. The molecule has 9 heteroatoms. The monoisotopic (exact) mass is 401 g/mol. The van der Waals surface area contributed by atoms with Crippen LogP contribution < -0.4 is 16.8 Å².